The van der Waals surface area contributed by atoms with Gasteiger partial charge in [0.25, 0.3) is 5.91 Å². The third kappa shape index (κ3) is 3.29. The fourth-order valence-corrected chi connectivity index (χ4v) is 3.47. The first-order valence-corrected chi connectivity index (χ1v) is 8.88. The van der Waals surface area contributed by atoms with Gasteiger partial charge in [0.1, 0.15) is 5.75 Å². The van der Waals surface area contributed by atoms with E-state index < -0.39 is 6.04 Å². The number of ether oxygens (including phenoxy) is 1. The highest BCUT2D eigenvalue weighted by Gasteiger charge is 2.39. The number of carbonyl (C=O) groups is 2. The number of rotatable bonds is 5. The third-order valence-corrected chi connectivity index (χ3v) is 4.90. The van der Waals surface area contributed by atoms with Crippen LogP contribution in [0.2, 0.25) is 0 Å². The second kappa shape index (κ2) is 7.21. The van der Waals surface area contributed by atoms with Crippen molar-refractivity contribution >= 4 is 28.3 Å². The van der Waals surface area contributed by atoms with Crippen molar-refractivity contribution < 1.29 is 14.3 Å². The zero-order chi connectivity index (χ0) is 18.8. The Labute approximate surface area is 157 Å². The molecular formula is C22H20N2O3. The highest BCUT2D eigenvalue weighted by atomic mass is 16.5. The Morgan fingerprint density at radius 3 is 2.52 bits per heavy atom. The van der Waals surface area contributed by atoms with Crippen LogP contribution in [0.25, 0.3) is 10.8 Å². The molecule has 1 N–H and O–H groups in total. The largest absolute Gasteiger partial charge is 0.497 e. The lowest BCUT2D eigenvalue weighted by Crippen LogP contribution is -2.38. The molecule has 0 aliphatic carbocycles. The minimum absolute atomic E-state index is 0.162. The van der Waals surface area contributed by atoms with Crippen molar-refractivity contribution in [2.24, 2.45) is 0 Å². The molecule has 1 heterocycles. The maximum absolute atomic E-state index is 12.8. The van der Waals surface area contributed by atoms with Gasteiger partial charge in [0, 0.05) is 6.54 Å². The number of hydrogen-bond acceptors (Lipinski definition) is 4. The van der Waals surface area contributed by atoms with Gasteiger partial charge >= 0.3 is 0 Å². The molecule has 1 aliphatic heterocycles. The van der Waals surface area contributed by atoms with Crippen LogP contribution < -0.4 is 15.0 Å². The van der Waals surface area contributed by atoms with Crippen molar-refractivity contribution in [2.75, 3.05) is 12.0 Å². The van der Waals surface area contributed by atoms with Gasteiger partial charge in [-0.2, -0.15) is 0 Å². The van der Waals surface area contributed by atoms with Gasteiger partial charge in [0.15, 0.2) is 0 Å². The number of nitrogens with one attached hydrogen (secondary N) is 1. The molecule has 2 amide bonds. The molecule has 5 heteroatoms. The van der Waals surface area contributed by atoms with E-state index in [-0.39, 0.29) is 18.2 Å². The second-order valence-corrected chi connectivity index (χ2v) is 6.54. The van der Waals surface area contributed by atoms with E-state index in [4.69, 9.17) is 4.74 Å². The Morgan fingerprint density at radius 1 is 1.00 bits per heavy atom. The number of amides is 2. The lowest BCUT2D eigenvalue weighted by molar-refractivity contribution is -0.121. The number of imide groups is 1. The fourth-order valence-electron chi connectivity index (χ4n) is 3.47. The molecular weight excluding hydrogens is 340 g/mol. The van der Waals surface area contributed by atoms with Gasteiger partial charge in [0.05, 0.1) is 25.3 Å². The van der Waals surface area contributed by atoms with Gasteiger partial charge in [-0.3, -0.25) is 9.59 Å². The fraction of sp³-hybridized carbons (Fsp3) is 0.182. The molecule has 1 unspecified atom stereocenters. The lowest BCUT2D eigenvalue weighted by Gasteiger charge is -2.16. The molecule has 5 nitrogen and oxygen atoms in total. The SMILES string of the molecule is COc1ccc(N2C(=O)CC(NCc3cccc4ccccc34)C2=O)cc1. The van der Waals surface area contributed by atoms with Gasteiger partial charge in [-0.25, -0.2) is 4.90 Å². The first-order chi connectivity index (χ1) is 13.2. The molecule has 0 saturated carbocycles. The first kappa shape index (κ1) is 17.2. The van der Waals surface area contributed by atoms with Crippen LogP contribution >= 0.6 is 0 Å². The van der Waals surface area contributed by atoms with Gasteiger partial charge < -0.3 is 10.1 Å². The zero-order valence-electron chi connectivity index (χ0n) is 15.0. The maximum Gasteiger partial charge on any atom is 0.251 e. The predicted octanol–water partition coefficient (Wildman–Crippen LogP) is 3.27. The second-order valence-electron chi connectivity index (χ2n) is 6.54. The van der Waals surface area contributed by atoms with E-state index in [1.54, 1.807) is 31.4 Å². The molecule has 1 fully saturated rings. The van der Waals surface area contributed by atoms with Crippen molar-refractivity contribution in [3.05, 3.63) is 72.3 Å². The molecule has 0 radical (unpaired) electrons. The number of nitrogens with zero attached hydrogens (tertiary/aromatic N) is 1. The Morgan fingerprint density at radius 2 is 1.74 bits per heavy atom. The van der Waals surface area contributed by atoms with Crippen LogP contribution in [-0.2, 0) is 16.1 Å². The summed E-state index contributed by atoms with van der Waals surface area (Å²) >= 11 is 0. The van der Waals surface area contributed by atoms with Crippen molar-refractivity contribution in [2.45, 2.75) is 19.0 Å². The topological polar surface area (TPSA) is 58.6 Å². The molecule has 0 spiro atoms. The van der Waals surface area contributed by atoms with Crippen molar-refractivity contribution in [1.82, 2.24) is 5.32 Å². The van der Waals surface area contributed by atoms with Crippen LogP contribution in [0, 0.1) is 0 Å². The van der Waals surface area contributed by atoms with Crippen LogP contribution in [-0.4, -0.2) is 25.0 Å². The Hall–Kier alpha value is -3.18. The van der Waals surface area contributed by atoms with E-state index in [1.165, 1.54) is 4.90 Å². The van der Waals surface area contributed by atoms with Gasteiger partial charge in [0.2, 0.25) is 5.91 Å². The summed E-state index contributed by atoms with van der Waals surface area (Å²) in [6.07, 6.45) is 0.162. The van der Waals surface area contributed by atoms with Gasteiger partial charge in [-0.05, 0) is 40.6 Å². The van der Waals surface area contributed by atoms with Crippen molar-refractivity contribution in [3.8, 4) is 5.75 Å². The zero-order valence-corrected chi connectivity index (χ0v) is 15.0. The third-order valence-electron chi connectivity index (χ3n) is 4.90. The Bertz CT molecular complexity index is 993. The standard InChI is InChI=1S/C22H20N2O3/c1-27-18-11-9-17(10-12-18)24-21(25)13-20(22(24)26)23-14-16-7-4-6-15-5-2-3-8-19(15)16/h2-12,20,23H,13-14H2,1H3. The summed E-state index contributed by atoms with van der Waals surface area (Å²) in [5, 5.41) is 5.56. The summed E-state index contributed by atoms with van der Waals surface area (Å²) in [7, 11) is 1.58. The van der Waals surface area contributed by atoms with E-state index in [2.05, 4.69) is 23.5 Å². The number of fused-ring (bicyclic) bond motifs is 1. The summed E-state index contributed by atoms with van der Waals surface area (Å²) in [5.74, 6) is 0.273. The normalized spacial score (nSPS) is 16.9. The average Bonchev–Trinajstić information content (AvgIpc) is 2.99. The minimum Gasteiger partial charge on any atom is -0.497 e. The molecule has 1 aliphatic rings. The van der Waals surface area contributed by atoms with E-state index >= 15 is 0 Å². The highest BCUT2D eigenvalue weighted by molar-refractivity contribution is 6.22. The Balaban J connectivity index is 1.50. The van der Waals surface area contributed by atoms with Crippen LogP contribution in [0.1, 0.15) is 12.0 Å². The Kier molecular flexibility index (Phi) is 4.60. The number of methoxy groups -OCH3 is 1. The maximum atomic E-state index is 12.8. The number of anilines is 1. The molecule has 136 valence electrons. The average molecular weight is 360 g/mol. The van der Waals surface area contributed by atoms with Gasteiger partial charge in [-0.15, -0.1) is 0 Å². The summed E-state index contributed by atoms with van der Waals surface area (Å²) in [5.41, 5.74) is 1.68. The molecule has 4 rings (SSSR count). The van der Waals surface area contributed by atoms with Crippen molar-refractivity contribution in [1.29, 1.82) is 0 Å². The quantitative estimate of drug-likeness (QED) is 0.710. The van der Waals surface area contributed by atoms with E-state index in [0.717, 1.165) is 16.3 Å². The monoisotopic (exact) mass is 360 g/mol. The van der Waals surface area contributed by atoms with Crippen LogP contribution in [0.15, 0.2) is 66.7 Å². The smallest absolute Gasteiger partial charge is 0.251 e. The predicted molar refractivity (Wildman–Crippen MR) is 105 cm³/mol. The lowest BCUT2D eigenvalue weighted by atomic mass is 10.0. The minimum atomic E-state index is -0.515. The number of carbonyl (C=O) groups excluding carboxylic acids is 2. The van der Waals surface area contributed by atoms with Crippen molar-refractivity contribution in [3.63, 3.8) is 0 Å². The molecule has 0 aromatic heterocycles. The van der Waals surface area contributed by atoms with Crippen LogP contribution in [0.5, 0.6) is 5.75 Å². The summed E-state index contributed by atoms with van der Waals surface area (Å²) in [4.78, 5) is 26.4. The molecule has 0 bridgehead atoms. The summed E-state index contributed by atoms with van der Waals surface area (Å²) in [6.45, 7) is 0.529. The molecule has 3 aromatic carbocycles. The van der Waals surface area contributed by atoms with E-state index in [1.807, 2.05) is 24.3 Å². The summed E-state index contributed by atoms with van der Waals surface area (Å²) < 4.78 is 5.13. The van der Waals surface area contributed by atoms with Gasteiger partial charge in [-0.1, -0.05) is 42.5 Å². The number of benzene rings is 3. The van der Waals surface area contributed by atoms with Crippen LogP contribution in [0.4, 0.5) is 5.69 Å². The molecule has 1 saturated heterocycles. The van der Waals surface area contributed by atoms with E-state index in [0.29, 0.717) is 18.0 Å². The first-order valence-electron chi connectivity index (χ1n) is 8.88. The summed E-state index contributed by atoms with van der Waals surface area (Å²) in [6, 6.07) is 20.7. The van der Waals surface area contributed by atoms with E-state index in [9.17, 15) is 9.59 Å². The highest BCUT2D eigenvalue weighted by Crippen LogP contribution is 2.26. The number of hydrogen-bond donors (Lipinski definition) is 1. The van der Waals surface area contributed by atoms with Crippen LogP contribution in [0.3, 0.4) is 0 Å². The molecule has 27 heavy (non-hydrogen) atoms. The molecule has 3 aromatic rings. The molecule has 1 atom stereocenters.